The van der Waals surface area contributed by atoms with E-state index in [0.717, 1.165) is 22.6 Å². The van der Waals surface area contributed by atoms with Crippen molar-refractivity contribution in [2.24, 2.45) is 5.10 Å². The van der Waals surface area contributed by atoms with Crippen molar-refractivity contribution in [1.82, 2.24) is 0 Å². The maximum atomic E-state index is 6.12. The quantitative estimate of drug-likeness (QED) is 0.485. The van der Waals surface area contributed by atoms with Crippen molar-refractivity contribution in [3.8, 4) is 5.75 Å². The molecule has 3 rings (SSSR count). The summed E-state index contributed by atoms with van der Waals surface area (Å²) < 4.78 is 5.76. The number of para-hydroxylation sites is 1. The second-order valence-electron chi connectivity index (χ2n) is 5.19. The molecule has 0 aliphatic heterocycles. The molecule has 0 unspecified atom stereocenters. The fourth-order valence-electron chi connectivity index (χ4n) is 2.12. The molecule has 0 aromatic heterocycles. The first-order chi connectivity index (χ1) is 11.8. The Balaban J connectivity index is 1.54. The molecular formula is C20H17ClN2O. The standard InChI is InChI=1S/C20H17ClN2O/c21-20-9-5-4-6-17(20)15-24-19-12-10-16(11-13-19)14-22-23-18-7-2-1-3-8-18/h1-14,23H,15H2/b22-14-. The molecule has 0 atom stereocenters. The summed E-state index contributed by atoms with van der Waals surface area (Å²) in [5, 5.41) is 4.93. The Labute approximate surface area is 146 Å². The van der Waals surface area contributed by atoms with E-state index in [-0.39, 0.29) is 0 Å². The number of anilines is 1. The number of rotatable bonds is 6. The Morgan fingerprint density at radius 3 is 2.33 bits per heavy atom. The summed E-state index contributed by atoms with van der Waals surface area (Å²) in [7, 11) is 0. The average molecular weight is 337 g/mol. The zero-order valence-electron chi connectivity index (χ0n) is 13.0. The highest BCUT2D eigenvalue weighted by Crippen LogP contribution is 2.18. The van der Waals surface area contributed by atoms with Crippen LogP contribution in [-0.2, 0) is 6.61 Å². The lowest BCUT2D eigenvalue weighted by atomic mass is 10.2. The zero-order valence-corrected chi connectivity index (χ0v) is 13.8. The summed E-state index contributed by atoms with van der Waals surface area (Å²) in [6, 6.07) is 25.2. The second-order valence-corrected chi connectivity index (χ2v) is 5.59. The molecule has 3 aromatic rings. The predicted molar refractivity (Wildman–Crippen MR) is 99.9 cm³/mol. The van der Waals surface area contributed by atoms with E-state index in [1.807, 2.05) is 78.9 Å². The lowest BCUT2D eigenvalue weighted by molar-refractivity contribution is 0.306. The van der Waals surface area contributed by atoms with E-state index >= 15 is 0 Å². The van der Waals surface area contributed by atoms with E-state index in [9.17, 15) is 0 Å². The lowest BCUT2D eigenvalue weighted by Crippen LogP contribution is -1.96. The van der Waals surface area contributed by atoms with Crippen LogP contribution in [0.3, 0.4) is 0 Å². The van der Waals surface area contributed by atoms with Gasteiger partial charge < -0.3 is 4.74 Å². The van der Waals surface area contributed by atoms with Crippen LogP contribution in [-0.4, -0.2) is 6.21 Å². The Morgan fingerprint density at radius 1 is 0.875 bits per heavy atom. The highest BCUT2D eigenvalue weighted by Gasteiger charge is 2.00. The molecule has 0 aliphatic rings. The second kappa shape index (κ2) is 8.18. The fourth-order valence-corrected chi connectivity index (χ4v) is 2.31. The number of ether oxygens (including phenoxy) is 1. The van der Waals surface area contributed by atoms with Gasteiger partial charge in [-0.25, -0.2) is 0 Å². The zero-order chi connectivity index (χ0) is 16.6. The number of benzene rings is 3. The van der Waals surface area contributed by atoms with E-state index in [1.54, 1.807) is 6.21 Å². The first-order valence-corrected chi connectivity index (χ1v) is 7.99. The molecule has 0 bridgehead atoms. The van der Waals surface area contributed by atoms with Crippen molar-refractivity contribution >= 4 is 23.5 Å². The topological polar surface area (TPSA) is 33.6 Å². The number of nitrogens with zero attached hydrogens (tertiary/aromatic N) is 1. The van der Waals surface area contributed by atoms with Crippen LogP contribution in [0, 0.1) is 0 Å². The third-order valence-electron chi connectivity index (χ3n) is 3.41. The molecule has 0 aliphatic carbocycles. The monoisotopic (exact) mass is 336 g/mol. The van der Waals surface area contributed by atoms with E-state index in [2.05, 4.69) is 10.5 Å². The van der Waals surface area contributed by atoms with Gasteiger partial charge in [-0.2, -0.15) is 5.10 Å². The highest BCUT2D eigenvalue weighted by molar-refractivity contribution is 6.31. The first-order valence-electron chi connectivity index (χ1n) is 7.62. The van der Waals surface area contributed by atoms with Crippen LogP contribution in [0.4, 0.5) is 5.69 Å². The molecule has 24 heavy (non-hydrogen) atoms. The summed E-state index contributed by atoms with van der Waals surface area (Å²) in [5.74, 6) is 0.795. The van der Waals surface area contributed by atoms with Gasteiger partial charge in [0.1, 0.15) is 12.4 Å². The van der Waals surface area contributed by atoms with Crippen LogP contribution in [0.2, 0.25) is 5.02 Å². The molecule has 0 fully saturated rings. The molecule has 0 amide bonds. The van der Waals surface area contributed by atoms with Gasteiger partial charge >= 0.3 is 0 Å². The Bertz CT molecular complexity index is 801. The smallest absolute Gasteiger partial charge is 0.119 e. The lowest BCUT2D eigenvalue weighted by Gasteiger charge is -2.07. The van der Waals surface area contributed by atoms with E-state index in [1.165, 1.54) is 0 Å². The molecule has 0 radical (unpaired) electrons. The minimum absolute atomic E-state index is 0.447. The molecule has 0 saturated carbocycles. The summed E-state index contributed by atoms with van der Waals surface area (Å²) in [6.45, 7) is 0.447. The molecular weight excluding hydrogens is 320 g/mol. The van der Waals surface area contributed by atoms with Crippen LogP contribution in [0.1, 0.15) is 11.1 Å². The van der Waals surface area contributed by atoms with Gasteiger partial charge in [-0.3, -0.25) is 5.43 Å². The predicted octanol–water partition coefficient (Wildman–Crippen LogP) is 5.37. The first kappa shape index (κ1) is 16.1. The van der Waals surface area contributed by atoms with Gasteiger partial charge in [-0.05, 0) is 48.0 Å². The van der Waals surface area contributed by atoms with Crippen LogP contribution >= 0.6 is 11.6 Å². The van der Waals surface area contributed by atoms with Crippen LogP contribution < -0.4 is 10.2 Å². The fraction of sp³-hybridized carbons (Fsp3) is 0.0500. The number of halogens is 1. The summed E-state index contributed by atoms with van der Waals surface area (Å²) in [5.41, 5.74) is 5.90. The van der Waals surface area contributed by atoms with Gasteiger partial charge in [-0.1, -0.05) is 48.0 Å². The van der Waals surface area contributed by atoms with E-state index in [0.29, 0.717) is 11.6 Å². The molecule has 1 N–H and O–H groups in total. The molecule has 120 valence electrons. The van der Waals surface area contributed by atoms with Gasteiger partial charge in [-0.15, -0.1) is 0 Å². The normalized spacial score (nSPS) is 10.7. The molecule has 0 heterocycles. The molecule has 0 saturated heterocycles. The SMILES string of the molecule is Clc1ccccc1COc1ccc(/C=N\Nc2ccccc2)cc1. The number of hydrazone groups is 1. The Kier molecular flexibility index (Phi) is 5.48. The molecule has 3 aromatic carbocycles. The maximum Gasteiger partial charge on any atom is 0.119 e. The average Bonchev–Trinajstić information content (AvgIpc) is 2.63. The Hall–Kier alpha value is -2.78. The van der Waals surface area contributed by atoms with Crippen molar-refractivity contribution < 1.29 is 4.74 Å². The van der Waals surface area contributed by atoms with Crippen molar-refractivity contribution in [2.45, 2.75) is 6.61 Å². The highest BCUT2D eigenvalue weighted by atomic mass is 35.5. The van der Waals surface area contributed by atoms with Crippen molar-refractivity contribution in [2.75, 3.05) is 5.43 Å². The van der Waals surface area contributed by atoms with E-state index < -0.39 is 0 Å². The van der Waals surface area contributed by atoms with Crippen LogP contribution in [0.5, 0.6) is 5.75 Å². The molecule has 4 heteroatoms. The van der Waals surface area contributed by atoms with Gasteiger partial charge in [0, 0.05) is 10.6 Å². The van der Waals surface area contributed by atoms with Crippen molar-refractivity contribution in [1.29, 1.82) is 0 Å². The molecule has 3 nitrogen and oxygen atoms in total. The third kappa shape index (κ3) is 4.61. The summed E-state index contributed by atoms with van der Waals surface area (Å²) in [4.78, 5) is 0. The minimum Gasteiger partial charge on any atom is -0.489 e. The Morgan fingerprint density at radius 2 is 1.58 bits per heavy atom. The van der Waals surface area contributed by atoms with E-state index in [4.69, 9.17) is 16.3 Å². The van der Waals surface area contributed by atoms with Crippen molar-refractivity contribution in [3.05, 3.63) is 95.0 Å². The number of hydrogen-bond acceptors (Lipinski definition) is 3. The minimum atomic E-state index is 0.447. The van der Waals surface area contributed by atoms with Gasteiger partial charge in [0.2, 0.25) is 0 Å². The number of hydrogen-bond donors (Lipinski definition) is 1. The third-order valence-corrected chi connectivity index (χ3v) is 3.78. The summed E-state index contributed by atoms with van der Waals surface area (Å²) in [6.07, 6.45) is 1.77. The summed E-state index contributed by atoms with van der Waals surface area (Å²) >= 11 is 6.12. The van der Waals surface area contributed by atoms with Crippen LogP contribution in [0.25, 0.3) is 0 Å². The van der Waals surface area contributed by atoms with Gasteiger partial charge in [0.05, 0.1) is 11.9 Å². The number of nitrogens with one attached hydrogen (secondary N) is 1. The van der Waals surface area contributed by atoms with Gasteiger partial charge in [0.25, 0.3) is 0 Å². The largest absolute Gasteiger partial charge is 0.489 e. The maximum absolute atomic E-state index is 6.12. The van der Waals surface area contributed by atoms with Gasteiger partial charge in [0.15, 0.2) is 0 Å². The van der Waals surface area contributed by atoms with Crippen LogP contribution in [0.15, 0.2) is 84.0 Å². The van der Waals surface area contributed by atoms with Crippen molar-refractivity contribution in [3.63, 3.8) is 0 Å². The molecule has 0 spiro atoms.